The minimum Gasteiger partial charge on any atom is -0.465 e. The van der Waals surface area contributed by atoms with E-state index in [1.165, 1.54) is 4.68 Å². The van der Waals surface area contributed by atoms with E-state index in [9.17, 15) is 13.2 Å². The zero-order valence-corrected chi connectivity index (χ0v) is 23.8. The van der Waals surface area contributed by atoms with E-state index in [0.29, 0.717) is 5.69 Å². The minimum atomic E-state index is -3.80. The van der Waals surface area contributed by atoms with Gasteiger partial charge in [0.2, 0.25) is 9.84 Å². The van der Waals surface area contributed by atoms with Crippen LogP contribution >= 0.6 is 0 Å². The fourth-order valence-corrected chi connectivity index (χ4v) is 8.06. The molecule has 2 aromatic rings. The Hall–Kier alpha value is -2.11. The molecule has 1 heterocycles. The average Bonchev–Trinajstić information content (AvgIpc) is 3.34. The third-order valence-electron chi connectivity index (χ3n) is 6.45. The highest BCUT2D eigenvalue weighted by atomic mass is 32.2. The molecule has 35 heavy (non-hydrogen) atoms. The number of tetrazole rings is 1. The van der Waals surface area contributed by atoms with Gasteiger partial charge in [0.1, 0.15) is 0 Å². The molecular formula is C24H40N4O5SSi. The second-order valence-corrected chi connectivity index (χ2v) is 16.8. The number of para-hydroxylation sites is 1. The van der Waals surface area contributed by atoms with Crippen molar-refractivity contribution < 1.29 is 22.4 Å². The quantitative estimate of drug-likeness (QED) is 0.279. The Morgan fingerprint density at radius 2 is 1.69 bits per heavy atom. The summed E-state index contributed by atoms with van der Waals surface area (Å²) in [5, 5.41) is 11.1. The number of ether oxygens (including phenoxy) is 1. The molecule has 0 saturated heterocycles. The van der Waals surface area contributed by atoms with E-state index in [0.717, 1.165) is 18.1 Å². The SMILES string of the molecule is CC[Si](CC)(CC)O[C@@H](CCS(=O)(=O)c1nnnn1-c1ccccc1)C(C)COC(=O)C(C)(C)C. The lowest BCUT2D eigenvalue weighted by Gasteiger charge is -2.36. The summed E-state index contributed by atoms with van der Waals surface area (Å²) in [4.78, 5) is 12.3. The van der Waals surface area contributed by atoms with Crippen LogP contribution in [0.5, 0.6) is 0 Å². The highest BCUT2D eigenvalue weighted by molar-refractivity contribution is 7.91. The predicted octanol–water partition coefficient (Wildman–Crippen LogP) is 4.44. The molecule has 0 amide bonds. The molecule has 0 saturated carbocycles. The molecule has 0 fully saturated rings. The maximum absolute atomic E-state index is 13.3. The number of benzene rings is 1. The van der Waals surface area contributed by atoms with Crippen LogP contribution in [0.15, 0.2) is 35.5 Å². The van der Waals surface area contributed by atoms with Gasteiger partial charge in [-0.05, 0) is 67.9 Å². The summed E-state index contributed by atoms with van der Waals surface area (Å²) in [6, 6.07) is 11.7. The van der Waals surface area contributed by atoms with Gasteiger partial charge in [-0.2, -0.15) is 4.68 Å². The molecule has 2 rings (SSSR count). The normalized spacial score (nSPS) is 14.5. The Labute approximate surface area is 210 Å². The summed E-state index contributed by atoms with van der Waals surface area (Å²) in [5.41, 5.74) is -0.0383. The summed E-state index contributed by atoms with van der Waals surface area (Å²) in [7, 11) is -5.84. The number of carbonyl (C=O) groups excluding carboxylic acids is 1. The Morgan fingerprint density at radius 1 is 1.09 bits per heavy atom. The standard InChI is InChI=1S/C24H40N4O5SSi/c1-8-35(9-2,10-3)33-21(19(4)18-32-22(29)24(5,6)7)16-17-34(30,31)23-25-26-27-28(23)20-14-12-11-13-15-20/h11-15,19,21H,8-10,16-18H2,1-7H3/t19?,21-/m0/s1. The Morgan fingerprint density at radius 3 is 2.23 bits per heavy atom. The fraction of sp³-hybridized carbons (Fsp3) is 0.667. The van der Waals surface area contributed by atoms with Crippen molar-refractivity contribution in [3.63, 3.8) is 0 Å². The van der Waals surface area contributed by atoms with E-state index < -0.39 is 23.6 Å². The van der Waals surface area contributed by atoms with Gasteiger partial charge in [-0.15, -0.1) is 0 Å². The first kappa shape index (κ1) is 29.1. The van der Waals surface area contributed by atoms with Crippen LogP contribution in [0.4, 0.5) is 0 Å². The maximum atomic E-state index is 13.3. The molecule has 2 atom stereocenters. The number of rotatable bonds is 13. The van der Waals surface area contributed by atoms with Crippen LogP contribution in [-0.2, 0) is 23.8 Å². The van der Waals surface area contributed by atoms with Gasteiger partial charge in [-0.25, -0.2) is 8.42 Å². The number of nitrogens with zero attached hydrogens (tertiary/aromatic N) is 4. The molecule has 9 nitrogen and oxygen atoms in total. The van der Waals surface area contributed by atoms with Crippen LogP contribution in [0.2, 0.25) is 18.1 Å². The van der Waals surface area contributed by atoms with Gasteiger partial charge >= 0.3 is 5.97 Å². The molecule has 0 spiro atoms. The molecule has 1 aromatic heterocycles. The van der Waals surface area contributed by atoms with Crippen LogP contribution in [0.25, 0.3) is 5.69 Å². The van der Waals surface area contributed by atoms with Crippen molar-refractivity contribution in [1.82, 2.24) is 20.2 Å². The van der Waals surface area contributed by atoms with Crippen molar-refractivity contribution in [3.05, 3.63) is 30.3 Å². The van der Waals surface area contributed by atoms with Gasteiger partial charge in [-0.1, -0.05) is 51.0 Å². The highest BCUT2D eigenvalue weighted by Gasteiger charge is 2.36. The number of esters is 1. The third kappa shape index (κ3) is 7.68. The van der Waals surface area contributed by atoms with Gasteiger partial charge in [0, 0.05) is 5.92 Å². The molecular weight excluding hydrogens is 484 g/mol. The summed E-state index contributed by atoms with van der Waals surface area (Å²) in [6.07, 6.45) is -0.113. The molecule has 196 valence electrons. The number of carbonyl (C=O) groups is 1. The first-order chi connectivity index (χ1) is 16.4. The number of aromatic nitrogens is 4. The summed E-state index contributed by atoms with van der Waals surface area (Å²) in [5.74, 6) is -0.634. The maximum Gasteiger partial charge on any atom is 0.311 e. The molecule has 11 heteroatoms. The van der Waals surface area contributed by atoms with Crippen LogP contribution in [0.3, 0.4) is 0 Å². The highest BCUT2D eigenvalue weighted by Crippen LogP contribution is 2.28. The van der Waals surface area contributed by atoms with E-state index in [1.807, 2.05) is 13.0 Å². The van der Waals surface area contributed by atoms with Gasteiger partial charge in [0.15, 0.2) is 8.32 Å². The largest absolute Gasteiger partial charge is 0.465 e. The average molecular weight is 525 g/mol. The third-order valence-corrected chi connectivity index (χ3v) is 12.7. The van der Waals surface area contributed by atoms with E-state index in [2.05, 4.69) is 36.3 Å². The molecule has 1 aromatic carbocycles. The van der Waals surface area contributed by atoms with Crippen LogP contribution < -0.4 is 0 Å². The topological polar surface area (TPSA) is 113 Å². The lowest BCUT2D eigenvalue weighted by atomic mass is 9.97. The molecule has 0 aliphatic heterocycles. The zero-order chi connectivity index (χ0) is 26.3. The minimum absolute atomic E-state index is 0.168. The van der Waals surface area contributed by atoms with E-state index >= 15 is 0 Å². The Balaban J connectivity index is 2.24. The van der Waals surface area contributed by atoms with E-state index in [1.54, 1.807) is 45.0 Å². The first-order valence-corrected chi connectivity index (χ1v) is 16.5. The predicted molar refractivity (Wildman–Crippen MR) is 137 cm³/mol. The number of hydrogen-bond acceptors (Lipinski definition) is 8. The van der Waals surface area contributed by atoms with Crippen molar-refractivity contribution in [2.24, 2.45) is 11.3 Å². The summed E-state index contributed by atoms with van der Waals surface area (Å²) >= 11 is 0. The van der Waals surface area contributed by atoms with Crippen molar-refractivity contribution in [1.29, 1.82) is 0 Å². The summed E-state index contributed by atoms with van der Waals surface area (Å²) in [6.45, 7) is 13.9. The molecule has 0 bridgehead atoms. The van der Waals surface area contributed by atoms with E-state index in [4.69, 9.17) is 9.16 Å². The number of hydrogen-bond donors (Lipinski definition) is 0. The van der Waals surface area contributed by atoms with Gasteiger partial charge < -0.3 is 9.16 Å². The van der Waals surface area contributed by atoms with E-state index in [-0.39, 0.29) is 41.9 Å². The van der Waals surface area contributed by atoms with Crippen LogP contribution in [0.1, 0.15) is 54.9 Å². The van der Waals surface area contributed by atoms with Crippen molar-refractivity contribution in [2.75, 3.05) is 12.4 Å². The molecule has 0 aliphatic rings. The van der Waals surface area contributed by atoms with Gasteiger partial charge in [0.25, 0.3) is 5.16 Å². The summed E-state index contributed by atoms with van der Waals surface area (Å²) < 4.78 is 40.1. The smallest absolute Gasteiger partial charge is 0.311 e. The Kier molecular flexibility index (Phi) is 10.2. The second-order valence-electron chi connectivity index (χ2n) is 10.0. The lowest BCUT2D eigenvalue weighted by Crippen LogP contribution is -2.43. The lowest BCUT2D eigenvalue weighted by molar-refractivity contribution is -0.155. The van der Waals surface area contributed by atoms with Crippen molar-refractivity contribution >= 4 is 24.1 Å². The zero-order valence-electron chi connectivity index (χ0n) is 22.0. The van der Waals surface area contributed by atoms with Crippen molar-refractivity contribution in [3.8, 4) is 5.69 Å². The Bertz CT molecular complexity index is 1040. The fourth-order valence-electron chi connectivity index (χ4n) is 3.78. The van der Waals surface area contributed by atoms with Crippen LogP contribution in [0, 0.1) is 11.3 Å². The number of sulfone groups is 1. The monoisotopic (exact) mass is 524 g/mol. The molecule has 1 unspecified atom stereocenters. The molecule has 0 radical (unpaired) electrons. The first-order valence-electron chi connectivity index (χ1n) is 12.3. The molecule has 0 aliphatic carbocycles. The van der Waals surface area contributed by atoms with Gasteiger partial charge in [0.05, 0.1) is 29.6 Å². The van der Waals surface area contributed by atoms with Gasteiger partial charge in [-0.3, -0.25) is 4.79 Å². The van der Waals surface area contributed by atoms with Crippen molar-refractivity contribution in [2.45, 2.75) is 84.3 Å². The van der Waals surface area contributed by atoms with Crippen LogP contribution in [-0.4, -0.2) is 61.4 Å². The molecule has 0 N–H and O–H groups in total. The second kappa shape index (κ2) is 12.2.